The standard InChI is InChI=1S/C25H33F2N3O5S/c1-2-7-36-22-18(3-4-19(28-22)30-6-5-17(13-30)34-24(32)33)21(31)29-20-15-8-14-9-16(20)12-25(10-14,11-15)35-23(26)27/h3-4,14-17,20,23H,2,5-13H2,1H3,(H,29,31)(H,32,33). The Bertz CT molecular complexity index is 978. The average molecular weight is 526 g/mol. The van der Waals surface area contributed by atoms with Crippen molar-refractivity contribution in [1.29, 1.82) is 0 Å². The van der Waals surface area contributed by atoms with E-state index in [1.54, 1.807) is 12.1 Å². The molecule has 0 spiro atoms. The van der Waals surface area contributed by atoms with Gasteiger partial charge in [-0.15, -0.1) is 11.8 Å². The van der Waals surface area contributed by atoms with Crippen LogP contribution in [0.1, 0.15) is 62.2 Å². The van der Waals surface area contributed by atoms with Crippen LogP contribution in [0.15, 0.2) is 17.2 Å². The van der Waals surface area contributed by atoms with Gasteiger partial charge in [0.2, 0.25) is 0 Å². The molecule has 3 atom stereocenters. The fourth-order valence-electron chi connectivity index (χ4n) is 7.01. The van der Waals surface area contributed by atoms with Gasteiger partial charge in [-0.3, -0.25) is 4.79 Å². The van der Waals surface area contributed by atoms with Crippen molar-refractivity contribution in [3.63, 3.8) is 0 Å². The van der Waals surface area contributed by atoms with Gasteiger partial charge in [-0.05, 0) is 74.2 Å². The summed E-state index contributed by atoms with van der Waals surface area (Å²) in [7, 11) is 0. The Morgan fingerprint density at radius 2 is 2.03 bits per heavy atom. The molecule has 6 rings (SSSR count). The van der Waals surface area contributed by atoms with Crippen LogP contribution in [0.25, 0.3) is 0 Å². The van der Waals surface area contributed by atoms with Crippen molar-refractivity contribution in [1.82, 2.24) is 10.3 Å². The number of halogens is 2. The second kappa shape index (κ2) is 10.3. The number of aromatic nitrogens is 1. The summed E-state index contributed by atoms with van der Waals surface area (Å²) in [6.45, 7) is 0.358. The highest BCUT2D eigenvalue weighted by atomic mass is 32.2. The number of carboxylic acid groups (broad SMARTS) is 1. The molecule has 2 N–H and O–H groups in total. The molecule has 4 saturated carbocycles. The Balaban J connectivity index is 1.30. The van der Waals surface area contributed by atoms with E-state index in [9.17, 15) is 18.4 Å². The second-order valence-corrected chi connectivity index (χ2v) is 11.7. The van der Waals surface area contributed by atoms with Gasteiger partial charge in [0.15, 0.2) is 0 Å². The molecule has 11 heteroatoms. The van der Waals surface area contributed by atoms with E-state index >= 15 is 0 Å². The van der Waals surface area contributed by atoms with E-state index in [1.165, 1.54) is 11.8 Å². The molecule has 1 aromatic heterocycles. The third-order valence-corrected chi connectivity index (χ3v) is 9.32. The summed E-state index contributed by atoms with van der Waals surface area (Å²) >= 11 is 1.53. The zero-order valence-electron chi connectivity index (χ0n) is 20.3. The Morgan fingerprint density at radius 3 is 2.69 bits per heavy atom. The molecule has 0 aromatic carbocycles. The predicted octanol–water partition coefficient (Wildman–Crippen LogP) is 4.77. The smallest absolute Gasteiger partial charge is 0.450 e. The van der Waals surface area contributed by atoms with Crippen LogP contribution in [0.5, 0.6) is 0 Å². The first kappa shape index (κ1) is 25.5. The quantitative estimate of drug-likeness (QED) is 0.351. The summed E-state index contributed by atoms with van der Waals surface area (Å²) in [5, 5.41) is 12.8. The van der Waals surface area contributed by atoms with Crippen LogP contribution < -0.4 is 10.2 Å². The summed E-state index contributed by atoms with van der Waals surface area (Å²) in [6.07, 6.45) is 3.56. The second-order valence-electron chi connectivity index (χ2n) is 10.6. The molecule has 1 aliphatic heterocycles. The molecule has 4 bridgehead atoms. The maximum absolute atomic E-state index is 13.5. The molecular weight excluding hydrogens is 492 g/mol. The van der Waals surface area contributed by atoms with Crippen LogP contribution in [0.4, 0.5) is 19.4 Å². The highest BCUT2D eigenvalue weighted by Gasteiger charge is 2.57. The molecule has 4 aliphatic carbocycles. The number of pyridine rings is 1. The molecule has 0 radical (unpaired) electrons. The largest absolute Gasteiger partial charge is 0.506 e. The minimum Gasteiger partial charge on any atom is -0.450 e. The maximum atomic E-state index is 13.5. The SMILES string of the molecule is CCCSc1nc(N2CCC(OC(=O)O)C2)ccc1C(=O)NC1C2CC3CC1CC(OC(F)F)(C3)C2. The molecule has 8 nitrogen and oxygen atoms in total. The van der Waals surface area contributed by atoms with Crippen LogP contribution >= 0.6 is 11.8 Å². The van der Waals surface area contributed by atoms with E-state index in [1.807, 2.05) is 4.90 Å². The first-order valence-electron chi connectivity index (χ1n) is 12.8. The lowest BCUT2D eigenvalue weighted by Gasteiger charge is -2.59. The van der Waals surface area contributed by atoms with E-state index in [0.717, 1.165) is 25.0 Å². The summed E-state index contributed by atoms with van der Waals surface area (Å²) in [4.78, 5) is 31.1. The fraction of sp³-hybridized carbons (Fsp3) is 0.720. The molecule has 198 valence electrons. The lowest BCUT2D eigenvalue weighted by atomic mass is 9.52. The zero-order valence-corrected chi connectivity index (χ0v) is 21.1. The third-order valence-electron chi connectivity index (χ3n) is 8.12. The average Bonchev–Trinajstić information content (AvgIpc) is 3.26. The number of alkyl halides is 2. The molecule has 3 unspecified atom stereocenters. The van der Waals surface area contributed by atoms with Crippen molar-refractivity contribution in [2.45, 2.75) is 81.3 Å². The summed E-state index contributed by atoms with van der Waals surface area (Å²) < 4.78 is 36.2. The molecule has 5 fully saturated rings. The van der Waals surface area contributed by atoms with Crippen molar-refractivity contribution in [2.75, 3.05) is 23.7 Å². The number of thioether (sulfide) groups is 1. The van der Waals surface area contributed by atoms with E-state index in [4.69, 9.17) is 19.6 Å². The normalized spacial score (nSPS) is 32.8. The zero-order chi connectivity index (χ0) is 25.4. The number of carbonyl (C=O) groups excluding carboxylic acids is 1. The minimum absolute atomic E-state index is 0.0420. The Morgan fingerprint density at radius 1 is 1.28 bits per heavy atom. The molecular formula is C25H33F2N3O5S. The van der Waals surface area contributed by atoms with Crippen LogP contribution in [0, 0.1) is 17.8 Å². The van der Waals surface area contributed by atoms with Crippen LogP contribution in [0.2, 0.25) is 0 Å². The van der Waals surface area contributed by atoms with E-state index in [0.29, 0.717) is 61.1 Å². The number of amides is 1. The molecule has 1 aromatic rings. The number of nitrogens with zero attached hydrogens (tertiary/aromatic N) is 2. The number of hydrogen-bond donors (Lipinski definition) is 2. The molecule has 5 aliphatic rings. The van der Waals surface area contributed by atoms with E-state index < -0.39 is 24.5 Å². The van der Waals surface area contributed by atoms with Gasteiger partial charge in [0.25, 0.3) is 5.91 Å². The van der Waals surface area contributed by atoms with Gasteiger partial charge in [-0.25, -0.2) is 9.78 Å². The third kappa shape index (κ3) is 5.27. The lowest BCUT2D eigenvalue weighted by molar-refractivity contribution is -0.260. The molecule has 36 heavy (non-hydrogen) atoms. The number of carbonyl (C=O) groups is 2. The van der Waals surface area contributed by atoms with Gasteiger partial charge >= 0.3 is 12.8 Å². The Labute approximate surface area is 213 Å². The van der Waals surface area contributed by atoms with Crippen molar-refractivity contribution < 1.29 is 33.0 Å². The number of rotatable bonds is 9. The molecule has 1 amide bonds. The number of hydrogen-bond acceptors (Lipinski definition) is 7. The molecule has 2 heterocycles. The van der Waals surface area contributed by atoms with Gasteiger partial charge in [-0.2, -0.15) is 8.78 Å². The number of anilines is 1. The Hall–Kier alpha value is -2.14. The summed E-state index contributed by atoms with van der Waals surface area (Å²) in [6, 6.07) is 3.55. The highest BCUT2D eigenvalue weighted by Crippen LogP contribution is 2.57. The van der Waals surface area contributed by atoms with Gasteiger partial charge < -0.3 is 24.8 Å². The van der Waals surface area contributed by atoms with Crippen molar-refractivity contribution in [3.05, 3.63) is 17.7 Å². The van der Waals surface area contributed by atoms with Crippen molar-refractivity contribution in [3.8, 4) is 0 Å². The van der Waals surface area contributed by atoms with Gasteiger partial charge in [-0.1, -0.05) is 6.92 Å². The minimum atomic E-state index is -2.77. The van der Waals surface area contributed by atoms with Crippen LogP contribution in [-0.4, -0.2) is 65.4 Å². The fourth-order valence-corrected chi connectivity index (χ4v) is 7.88. The highest BCUT2D eigenvalue weighted by molar-refractivity contribution is 7.99. The van der Waals surface area contributed by atoms with E-state index in [2.05, 4.69) is 12.2 Å². The van der Waals surface area contributed by atoms with Gasteiger partial charge in [0.1, 0.15) is 16.9 Å². The number of nitrogens with one attached hydrogen (secondary N) is 1. The predicted molar refractivity (Wildman–Crippen MR) is 130 cm³/mol. The van der Waals surface area contributed by atoms with Gasteiger partial charge in [0.05, 0.1) is 17.7 Å². The Kier molecular flexibility index (Phi) is 7.31. The number of ether oxygens (including phenoxy) is 2. The monoisotopic (exact) mass is 525 g/mol. The van der Waals surface area contributed by atoms with Crippen molar-refractivity contribution >= 4 is 29.6 Å². The first-order valence-corrected chi connectivity index (χ1v) is 13.8. The maximum Gasteiger partial charge on any atom is 0.506 e. The lowest BCUT2D eigenvalue weighted by Crippen LogP contribution is -2.62. The topological polar surface area (TPSA) is 101 Å². The van der Waals surface area contributed by atoms with Crippen LogP contribution in [-0.2, 0) is 9.47 Å². The van der Waals surface area contributed by atoms with Crippen LogP contribution in [0.3, 0.4) is 0 Å². The molecule has 1 saturated heterocycles. The van der Waals surface area contributed by atoms with Crippen molar-refractivity contribution in [2.24, 2.45) is 17.8 Å². The summed E-state index contributed by atoms with van der Waals surface area (Å²) in [5.41, 5.74) is -0.225. The van der Waals surface area contributed by atoms with E-state index in [-0.39, 0.29) is 23.8 Å². The van der Waals surface area contributed by atoms with Gasteiger partial charge in [0, 0.05) is 19.0 Å². The summed E-state index contributed by atoms with van der Waals surface area (Å²) in [5.74, 6) is 2.01. The first-order chi connectivity index (χ1) is 17.2.